The molecule has 1 aliphatic rings. The van der Waals surface area contributed by atoms with Crippen LogP contribution >= 0.6 is 11.8 Å². The molecule has 3 rings (SSSR count). The van der Waals surface area contributed by atoms with Crippen LogP contribution < -0.4 is 5.32 Å². The number of sulfone groups is 1. The van der Waals surface area contributed by atoms with E-state index in [0.717, 1.165) is 24.0 Å². The molecule has 0 radical (unpaired) electrons. The van der Waals surface area contributed by atoms with Gasteiger partial charge in [-0.3, -0.25) is 4.79 Å². The summed E-state index contributed by atoms with van der Waals surface area (Å²) in [4.78, 5) is 16.1. The number of hydrogen-bond donors (Lipinski definition) is 1. The molecule has 144 valence electrons. The number of halogens is 3. The van der Waals surface area contributed by atoms with Crippen molar-refractivity contribution < 1.29 is 26.4 Å². The highest BCUT2D eigenvalue weighted by Gasteiger charge is 2.31. The van der Waals surface area contributed by atoms with Crippen LogP contribution in [0, 0.1) is 0 Å². The molecule has 1 aromatic carbocycles. The van der Waals surface area contributed by atoms with E-state index in [9.17, 15) is 26.4 Å². The van der Waals surface area contributed by atoms with Crippen LogP contribution in [-0.2, 0) is 20.8 Å². The molecule has 1 unspecified atom stereocenters. The van der Waals surface area contributed by atoms with Gasteiger partial charge in [0.25, 0.3) is 0 Å². The third-order valence-corrected chi connectivity index (χ3v) is 6.81. The van der Waals surface area contributed by atoms with E-state index in [1.54, 1.807) is 18.2 Å². The van der Waals surface area contributed by atoms with Crippen molar-refractivity contribution in [1.82, 2.24) is 10.3 Å². The van der Waals surface area contributed by atoms with Crippen LogP contribution in [0.3, 0.4) is 0 Å². The first-order chi connectivity index (χ1) is 12.7. The van der Waals surface area contributed by atoms with Crippen molar-refractivity contribution in [3.8, 4) is 0 Å². The minimum atomic E-state index is -4.46. The van der Waals surface area contributed by atoms with Gasteiger partial charge < -0.3 is 5.32 Å². The molecular formula is C17H15F3N2O3S2. The molecule has 0 spiro atoms. The van der Waals surface area contributed by atoms with Gasteiger partial charge in [-0.1, -0.05) is 30.0 Å². The minimum Gasteiger partial charge on any atom is -0.348 e. The summed E-state index contributed by atoms with van der Waals surface area (Å²) in [6, 6.07) is 8.23. The number of aromatic nitrogens is 1. The lowest BCUT2D eigenvalue weighted by atomic mass is 10.0. The number of pyridine rings is 1. The van der Waals surface area contributed by atoms with Gasteiger partial charge in [0.05, 0.1) is 33.0 Å². The Labute approximate surface area is 158 Å². The Morgan fingerprint density at radius 3 is 2.63 bits per heavy atom. The highest BCUT2D eigenvalue weighted by Crippen LogP contribution is 2.32. The number of amides is 1. The number of hydrogen-bond acceptors (Lipinski definition) is 5. The molecule has 1 atom stereocenters. The summed E-state index contributed by atoms with van der Waals surface area (Å²) in [5, 5.41) is 3.08. The monoisotopic (exact) mass is 416 g/mol. The van der Waals surface area contributed by atoms with E-state index in [-0.39, 0.29) is 28.7 Å². The average Bonchev–Trinajstić information content (AvgIpc) is 2.62. The van der Waals surface area contributed by atoms with Crippen LogP contribution in [0.25, 0.3) is 0 Å². The lowest BCUT2D eigenvalue weighted by Gasteiger charge is -2.26. The molecule has 1 aromatic heterocycles. The smallest absolute Gasteiger partial charge is 0.348 e. The van der Waals surface area contributed by atoms with Gasteiger partial charge >= 0.3 is 6.18 Å². The van der Waals surface area contributed by atoms with Gasteiger partial charge in [-0.05, 0) is 30.2 Å². The quantitative estimate of drug-likeness (QED) is 0.775. The van der Waals surface area contributed by atoms with Crippen LogP contribution in [-0.4, -0.2) is 30.8 Å². The number of nitrogens with zero attached hydrogens (tertiary/aromatic N) is 1. The van der Waals surface area contributed by atoms with Crippen LogP contribution in [0.4, 0.5) is 13.2 Å². The summed E-state index contributed by atoms with van der Waals surface area (Å²) in [7, 11) is -3.34. The largest absolute Gasteiger partial charge is 0.417 e. The fourth-order valence-electron chi connectivity index (χ4n) is 2.75. The molecule has 10 heteroatoms. The Hall–Kier alpha value is -2.07. The van der Waals surface area contributed by atoms with E-state index in [1.807, 2.05) is 0 Å². The van der Waals surface area contributed by atoms with Crippen molar-refractivity contribution >= 4 is 27.5 Å². The number of nitrogens with one attached hydrogen (secondary N) is 1. The first kappa shape index (κ1) is 19.7. The summed E-state index contributed by atoms with van der Waals surface area (Å²) < 4.78 is 61.8. The molecule has 0 aliphatic carbocycles. The highest BCUT2D eigenvalue weighted by atomic mass is 32.2. The number of carbonyl (C=O) groups excluding carboxylic acids is 1. The van der Waals surface area contributed by atoms with Gasteiger partial charge in [-0.15, -0.1) is 0 Å². The minimum absolute atomic E-state index is 0.0379. The Morgan fingerprint density at radius 2 is 1.96 bits per heavy atom. The fourth-order valence-corrected chi connectivity index (χ4v) is 5.02. The van der Waals surface area contributed by atoms with Crippen molar-refractivity contribution in [2.24, 2.45) is 0 Å². The summed E-state index contributed by atoms with van der Waals surface area (Å²) in [6.45, 7) is 0. The van der Waals surface area contributed by atoms with E-state index >= 15 is 0 Å². The van der Waals surface area contributed by atoms with E-state index in [2.05, 4.69) is 10.3 Å². The SMILES string of the molecule is O=C(CSc1ccc(C(F)(F)F)cn1)NC1CCS(=O)(=O)c2ccccc21. The van der Waals surface area contributed by atoms with Crippen molar-refractivity contribution in [1.29, 1.82) is 0 Å². The third kappa shape index (κ3) is 4.62. The van der Waals surface area contributed by atoms with Gasteiger partial charge in [0.2, 0.25) is 5.91 Å². The molecule has 2 heterocycles. The molecule has 0 saturated carbocycles. The zero-order valence-electron chi connectivity index (χ0n) is 13.9. The van der Waals surface area contributed by atoms with Crippen molar-refractivity contribution in [2.45, 2.75) is 28.6 Å². The van der Waals surface area contributed by atoms with Crippen LogP contribution in [0.15, 0.2) is 52.5 Å². The number of thioether (sulfide) groups is 1. The molecule has 27 heavy (non-hydrogen) atoms. The summed E-state index contributed by atoms with van der Waals surface area (Å²) in [5.74, 6) is -0.437. The van der Waals surface area contributed by atoms with Crippen LogP contribution in [0.2, 0.25) is 0 Å². The summed E-state index contributed by atoms with van der Waals surface area (Å²) in [5.41, 5.74) is -0.300. The van der Waals surface area contributed by atoms with Gasteiger partial charge in [0.1, 0.15) is 0 Å². The standard InChI is InChI=1S/C17H15F3N2O3S2/c18-17(19,20)11-5-6-16(21-9-11)26-10-15(23)22-13-7-8-27(24,25)14-4-2-1-3-12(13)14/h1-6,9,13H,7-8,10H2,(H,22,23). The van der Waals surface area contributed by atoms with Gasteiger partial charge in [0, 0.05) is 6.20 Å². The third-order valence-electron chi connectivity index (χ3n) is 4.05. The maximum Gasteiger partial charge on any atom is 0.417 e. The Morgan fingerprint density at radius 1 is 1.22 bits per heavy atom. The predicted molar refractivity (Wildman–Crippen MR) is 94.0 cm³/mol. The van der Waals surface area contributed by atoms with Gasteiger partial charge in [-0.25, -0.2) is 13.4 Å². The summed E-state index contributed by atoms with van der Waals surface area (Å²) in [6.07, 6.45) is -3.46. The predicted octanol–water partition coefficient (Wildman–Crippen LogP) is 3.23. The van der Waals surface area contributed by atoms with Crippen molar-refractivity contribution in [2.75, 3.05) is 11.5 Å². The second-order valence-corrected chi connectivity index (χ2v) is 9.01. The second kappa shape index (κ2) is 7.51. The van der Waals surface area contributed by atoms with E-state index in [0.29, 0.717) is 10.6 Å². The zero-order chi connectivity index (χ0) is 19.7. The number of rotatable bonds is 4. The van der Waals surface area contributed by atoms with E-state index in [1.165, 1.54) is 12.1 Å². The zero-order valence-corrected chi connectivity index (χ0v) is 15.5. The maximum atomic E-state index is 12.5. The number of alkyl halides is 3. The fraction of sp³-hybridized carbons (Fsp3) is 0.294. The second-order valence-electron chi connectivity index (χ2n) is 5.94. The Kier molecular flexibility index (Phi) is 5.48. The molecule has 1 amide bonds. The number of carbonyl (C=O) groups is 1. The molecule has 2 aromatic rings. The van der Waals surface area contributed by atoms with E-state index in [4.69, 9.17) is 0 Å². The molecule has 1 N–H and O–H groups in total. The molecule has 5 nitrogen and oxygen atoms in total. The first-order valence-corrected chi connectivity index (χ1v) is 10.6. The van der Waals surface area contributed by atoms with Crippen molar-refractivity contribution in [3.05, 3.63) is 53.7 Å². The normalized spacial score (nSPS) is 18.6. The molecule has 0 fully saturated rings. The Bertz CT molecular complexity index is 945. The molecule has 0 saturated heterocycles. The maximum absolute atomic E-state index is 12.5. The molecule has 0 bridgehead atoms. The number of fused-ring (bicyclic) bond motifs is 1. The van der Waals surface area contributed by atoms with Gasteiger partial charge in [-0.2, -0.15) is 13.2 Å². The van der Waals surface area contributed by atoms with Crippen LogP contribution in [0.5, 0.6) is 0 Å². The number of benzene rings is 1. The summed E-state index contributed by atoms with van der Waals surface area (Å²) >= 11 is 1.01. The molecular weight excluding hydrogens is 401 g/mol. The topological polar surface area (TPSA) is 76.1 Å². The van der Waals surface area contributed by atoms with Gasteiger partial charge in [0.15, 0.2) is 9.84 Å². The van der Waals surface area contributed by atoms with Crippen molar-refractivity contribution in [3.63, 3.8) is 0 Å². The van der Waals surface area contributed by atoms with E-state index < -0.39 is 27.6 Å². The average molecular weight is 416 g/mol. The van der Waals surface area contributed by atoms with Crippen LogP contribution in [0.1, 0.15) is 23.6 Å². The Balaban J connectivity index is 1.62. The highest BCUT2D eigenvalue weighted by molar-refractivity contribution is 7.99. The lowest BCUT2D eigenvalue weighted by molar-refractivity contribution is -0.137. The lowest BCUT2D eigenvalue weighted by Crippen LogP contribution is -2.34. The first-order valence-electron chi connectivity index (χ1n) is 7.94. The molecule has 1 aliphatic heterocycles.